The van der Waals surface area contributed by atoms with Crippen LogP contribution in [0.25, 0.3) is 0 Å². The lowest BCUT2D eigenvalue weighted by atomic mass is 10.1. The molecule has 158 valence electrons. The van der Waals surface area contributed by atoms with Crippen LogP contribution in [0.5, 0.6) is 5.75 Å². The number of nitrogens with zero attached hydrogens (tertiary/aromatic N) is 3. The average molecular weight is 431 g/mol. The normalized spacial score (nSPS) is 15.8. The van der Waals surface area contributed by atoms with Crippen LogP contribution in [0.4, 0.5) is 5.69 Å². The third kappa shape index (κ3) is 5.27. The van der Waals surface area contributed by atoms with Gasteiger partial charge in [-0.3, -0.25) is 19.4 Å². The van der Waals surface area contributed by atoms with Gasteiger partial charge in [0.05, 0.1) is 37.5 Å². The van der Waals surface area contributed by atoms with Gasteiger partial charge in [0, 0.05) is 31.2 Å². The van der Waals surface area contributed by atoms with Gasteiger partial charge in [-0.2, -0.15) is 0 Å². The number of rotatable bonds is 7. The third-order valence-electron chi connectivity index (χ3n) is 4.84. The minimum atomic E-state index is -0.486. The molecule has 8 nitrogen and oxygen atoms in total. The molecule has 1 aliphatic rings. The van der Waals surface area contributed by atoms with Crippen molar-refractivity contribution in [2.24, 2.45) is 5.92 Å². The minimum absolute atomic E-state index is 0.0967. The molecule has 1 aromatic heterocycles. The molecule has 30 heavy (non-hydrogen) atoms. The summed E-state index contributed by atoms with van der Waals surface area (Å²) in [4.78, 5) is 44.6. The molecule has 1 fully saturated rings. The fraction of sp³-hybridized carbons (Fsp3) is 0.333. The van der Waals surface area contributed by atoms with Crippen LogP contribution in [0.3, 0.4) is 0 Å². The summed E-state index contributed by atoms with van der Waals surface area (Å²) in [6.07, 6.45) is 1.79. The molecule has 1 atom stereocenters. The Morgan fingerprint density at radius 1 is 1.33 bits per heavy atom. The first-order valence-electron chi connectivity index (χ1n) is 9.43. The van der Waals surface area contributed by atoms with E-state index >= 15 is 0 Å². The molecule has 1 saturated heterocycles. The molecule has 2 aromatic rings. The first kappa shape index (κ1) is 21.6. The van der Waals surface area contributed by atoms with Gasteiger partial charge in [-0.1, -0.05) is 17.7 Å². The number of halogens is 1. The highest BCUT2D eigenvalue weighted by Crippen LogP contribution is 2.27. The SMILES string of the molecule is COc1ccc(Cl)cc1NC(=O)CN(C)C(=O)C1CC(=O)N(Cc2ccccn2)C1. The van der Waals surface area contributed by atoms with E-state index in [4.69, 9.17) is 16.3 Å². The maximum absolute atomic E-state index is 12.8. The smallest absolute Gasteiger partial charge is 0.244 e. The molecule has 0 spiro atoms. The van der Waals surface area contributed by atoms with Crippen LogP contribution in [0, 0.1) is 5.92 Å². The fourth-order valence-corrected chi connectivity index (χ4v) is 3.52. The molecule has 3 amide bonds. The first-order chi connectivity index (χ1) is 14.4. The Morgan fingerprint density at radius 2 is 2.13 bits per heavy atom. The quantitative estimate of drug-likeness (QED) is 0.727. The molecule has 9 heteroatoms. The first-order valence-corrected chi connectivity index (χ1v) is 9.81. The Bertz CT molecular complexity index is 938. The van der Waals surface area contributed by atoms with E-state index in [-0.39, 0.29) is 30.7 Å². The number of ether oxygens (including phenoxy) is 1. The predicted octanol–water partition coefficient (Wildman–Crippen LogP) is 2.19. The molecule has 1 N–H and O–H groups in total. The standard InChI is InChI=1S/C21H23ClN4O4/c1-25(13-19(27)24-17-10-15(22)6-7-18(17)30-2)21(29)14-9-20(28)26(11-14)12-16-5-3-4-8-23-16/h3-8,10,14H,9,11-13H2,1-2H3,(H,24,27). The van der Waals surface area contributed by atoms with E-state index in [1.54, 1.807) is 42.4 Å². The maximum Gasteiger partial charge on any atom is 0.244 e. The highest BCUT2D eigenvalue weighted by molar-refractivity contribution is 6.31. The van der Waals surface area contributed by atoms with Gasteiger partial charge in [0.25, 0.3) is 0 Å². The third-order valence-corrected chi connectivity index (χ3v) is 5.07. The molecule has 0 saturated carbocycles. The van der Waals surface area contributed by atoms with Gasteiger partial charge in [0.1, 0.15) is 5.75 Å². The van der Waals surface area contributed by atoms with Crippen molar-refractivity contribution in [3.8, 4) is 5.75 Å². The number of amides is 3. The fourth-order valence-electron chi connectivity index (χ4n) is 3.35. The van der Waals surface area contributed by atoms with Gasteiger partial charge in [-0.15, -0.1) is 0 Å². The summed E-state index contributed by atoms with van der Waals surface area (Å²) in [5, 5.41) is 3.15. The van der Waals surface area contributed by atoms with Crippen molar-refractivity contribution in [1.82, 2.24) is 14.8 Å². The lowest BCUT2D eigenvalue weighted by Gasteiger charge is -2.21. The number of carbonyl (C=O) groups excluding carboxylic acids is 3. The zero-order chi connectivity index (χ0) is 21.7. The van der Waals surface area contributed by atoms with Crippen LogP contribution in [0.1, 0.15) is 12.1 Å². The summed E-state index contributed by atoms with van der Waals surface area (Å²) in [6, 6.07) is 10.4. The van der Waals surface area contributed by atoms with Crippen molar-refractivity contribution < 1.29 is 19.1 Å². The summed E-state index contributed by atoms with van der Waals surface area (Å²) in [5.41, 5.74) is 1.19. The Labute approximate surface area is 179 Å². The molecule has 3 rings (SSSR count). The second kappa shape index (κ2) is 9.58. The second-order valence-electron chi connectivity index (χ2n) is 7.08. The van der Waals surface area contributed by atoms with Gasteiger partial charge < -0.3 is 19.9 Å². The van der Waals surface area contributed by atoms with E-state index in [9.17, 15) is 14.4 Å². The monoisotopic (exact) mass is 430 g/mol. The molecular formula is C21H23ClN4O4. The number of likely N-dealkylation sites (N-methyl/N-ethyl adjacent to an activating group) is 1. The molecule has 1 aliphatic heterocycles. The van der Waals surface area contributed by atoms with Gasteiger partial charge >= 0.3 is 0 Å². The van der Waals surface area contributed by atoms with Crippen molar-refractivity contribution in [3.05, 3.63) is 53.3 Å². The van der Waals surface area contributed by atoms with E-state index in [1.165, 1.54) is 12.0 Å². The summed E-state index contributed by atoms with van der Waals surface area (Å²) < 4.78 is 5.21. The summed E-state index contributed by atoms with van der Waals surface area (Å²) in [6.45, 7) is 0.518. The van der Waals surface area contributed by atoms with Crippen molar-refractivity contribution >= 4 is 35.0 Å². The van der Waals surface area contributed by atoms with Crippen molar-refractivity contribution in [3.63, 3.8) is 0 Å². The van der Waals surface area contributed by atoms with E-state index < -0.39 is 5.92 Å². The summed E-state index contributed by atoms with van der Waals surface area (Å²) >= 11 is 5.97. The number of hydrogen-bond acceptors (Lipinski definition) is 5. The number of likely N-dealkylation sites (tertiary alicyclic amines) is 1. The highest BCUT2D eigenvalue weighted by atomic mass is 35.5. The number of benzene rings is 1. The second-order valence-corrected chi connectivity index (χ2v) is 7.52. The van der Waals surface area contributed by atoms with Gasteiger partial charge in [0.15, 0.2) is 0 Å². The zero-order valence-electron chi connectivity index (χ0n) is 16.8. The average Bonchev–Trinajstić information content (AvgIpc) is 3.08. The summed E-state index contributed by atoms with van der Waals surface area (Å²) in [7, 11) is 3.03. The number of anilines is 1. The topological polar surface area (TPSA) is 91.8 Å². The van der Waals surface area contributed by atoms with Gasteiger partial charge in [-0.05, 0) is 30.3 Å². The Hall–Kier alpha value is -3.13. The van der Waals surface area contributed by atoms with Gasteiger partial charge in [0.2, 0.25) is 17.7 Å². The van der Waals surface area contributed by atoms with Crippen LogP contribution < -0.4 is 10.1 Å². The number of nitrogens with one attached hydrogen (secondary N) is 1. The number of methoxy groups -OCH3 is 1. The van der Waals surface area contributed by atoms with E-state index in [0.29, 0.717) is 29.5 Å². The lowest BCUT2D eigenvalue weighted by Crippen LogP contribution is -2.39. The Kier molecular flexibility index (Phi) is 6.89. The van der Waals surface area contributed by atoms with E-state index in [1.807, 2.05) is 12.1 Å². The van der Waals surface area contributed by atoms with Crippen molar-refractivity contribution in [2.45, 2.75) is 13.0 Å². The van der Waals surface area contributed by atoms with Crippen LogP contribution in [0.15, 0.2) is 42.6 Å². The minimum Gasteiger partial charge on any atom is -0.495 e. The highest BCUT2D eigenvalue weighted by Gasteiger charge is 2.36. The van der Waals surface area contributed by atoms with Crippen molar-refractivity contribution in [2.75, 3.05) is 32.6 Å². The maximum atomic E-state index is 12.8. The van der Waals surface area contributed by atoms with Crippen molar-refractivity contribution in [1.29, 1.82) is 0 Å². The summed E-state index contributed by atoms with van der Waals surface area (Å²) in [5.74, 6) is -0.755. The van der Waals surface area contributed by atoms with Crippen LogP contribution in [-0.4, -0.2) is 59.8 Å². The Balaban J connectivity index is 1.56. The number of hydrogen-bond donors (Lipinski definition) is 1. The van der Waals surface area contributed by atoms with E-state index in [0.717, 1.165) is 5.69 Å². The Morgan fingerprint density at radius 3 is 2.83 bits per heavy atom. The molecule has 0 aliphatic carbocycles. The van der Waals surface area contributed by atoms with Gasteiger partial charge in [-0.25, -0.2) is 0 Å². The molecular weight excluding hydrogens is 408 g/mol. The number of carbonyl (C=O) groups is 3. The molecule has 0 bridgehead atoms. The lowest BCUT2D eigenvalue weighted by molar-refractivity contribution is -0.137. The number of aromatic nitrogens is 1. The molecule has 0 radical (unpaired) electrons. The molecule has 1 aromatic carbocycles. The van der Waals surface area contributed by atoms with Crippen LogP contribution in [0.2, 0.25) is 5.02 Å². The predicted molar refractivity (Wildman–Crippen MR) is 112 cm³/mol. The molecule has 1 unspecified atom stereocenters. The number of pyridine rings is 1. The van der Waals surface area contributed by atoms with E-state index in [2.05, 4.69) is 10.3 Å². The zero-order valence-corrected chi connectivity index (χ0v) is 17.6. The molecule has 2 heterocycles. The van der Waals surface area contributed by atoms with Crippen LogP contribution in [-0.2, 0) is 20.9 Å². The van der Waals surface area contributed by atoms with Crippen LogP contribution >= 0.6 is 11.6 Å². The largest absolute Gasteiger partial charge is 0.495 e.